The van der Waals surface area contributed by atoms with Gasteiger partial charge in [0.05, 0.1) is 6.04 Å². The second-order valence-electron chi connectivity index (χ2n) is 7.73. The minimum Gasteiger partial charge on any atom is -0.465 e. The molecule has 1 N–H and O–H groups in total. The van der Waals surface area contributed by atoms with Crippen molar-refractivity contribution in [2.24, 2.45) is 0 Å². The van der Waals surface area contributed by atoms with Gasteiger partial charge in [0.25, 0.3) is 5.91 Å². The monoisotopic (exact) mass is 484 g/mol. The third-order valence-corrected chi connectivity index (χ3v) is 6.41. The van der Waals surface area contributed by atoms with Gasteiger partial charge in [0.2, 0.25) is 6.43 Å². The van der Waals surface area contributed by atoms with Crippen LogP contribution in [0.25, 0.3) is 0 Å². The summed E-state index contributed by atoms with van der Waals surface area (Å²) in [4.78, 5) is 28.0. The maximum Gasteiger partial charge on any atom is 0.415 e. The van der Waals surface area contributed by atoms with Crippen LogP contribution in [0.3, 0.4) is 0 Å². The van der Waals surface area contributed by atoms with Crippen molar-refractivity contribution in [3.8, 4) is 0 Å². The van der Waals surface area contributed by atoms with Crippen LogP contribution < -0.4 is 0 Å². The van der Waals surface area contributed by atoms with Crippen molar-refractivity contribution in [2.45, 2.75) is 57.3 Å². The molecule has 2 aromatic carbocycles. The molecule has 0 spiro atoms. The Hall–Kier alpha value is -2.22. The van der Waals surface area contributed by atoms with Gasteiger partial charge in [0, 0.05) is 28.1 Å². The van der Waals surface area contributed by atoms with Crippen LogP contribution in [0.4, 0.5) is 13.6 Å². The van der Waals surface area contributed by atoms with E-state index in [2.05, 4.69) is 0 Å². The molecule has 1 aliphatic rings. The van der Waals surface area contributed by atoms with Crippen LogP contribution in [0.15, 0.2) is 48.5 Å². The summed E-state index contributed by atoms with van der Waals surface area (Å²) in [6.07, 6.45) is -4.32. The molecule has 32 heavy (non-hydrogen) atoms. The number of unbranched alkanes of at least 4 members (excludes halogenated alkanes) is 1. The van der Waals surface area contributed by atoms with E-state index in [1.807, 2.05) is 37.3 Å². The Kier molecular flexibility index (Phi) is 8.09. The van der Waals surface area contributed by atoms with Crippen molar-refractivity contribution < 1.29 is 23.5 Å². The quantitative estimate of drug-likeness (QED) is 0.420. The summed E-state index contributed by atoms with van der Waals surface area (Å²) in [5.74, 6) is -0.613. The molecular weight excluding hydrogens is 461 g/mol. The molecule has 2 amide bonds. The molecule has 5 nitrogen and oxygen atoms in total. The van der Waals surface area contributed by atoms with Gasteiger partial charge in [-0.25, -0.2) is 18.5 Å². The van der Waals surface area contributed by atoms with Gasteiger partial charge < -0.3 is 5.11 Å². The van der Waals surface area contributed by atoms with Crippen molar-refractivity contribution >= 4 is 35.2 Å². The first-order valence-electron chi connectivity index (χ1n) is 10.3. The van der Waals surface area contributed by atoms with Crippen LogP contribution in [0.2, 0.25) is 10.0 Å². The molecule has 0 aliphatic carbocycles. The first-order valence-corrected chi connectivity index (χ1v) is 11.1. The van der Waals surface area contributed by atoms with E-state index in [-0.39, 0.29) is 35.3 Å². The van der Waals surface area contributed by atoms with Crippen molar-refractivity contribution in [1.29, 1.82) is 0 Å². The van der Waals surface area contributed by atoms with Crippen molar-refractivity contribution in [2.75, 3.05) is 0 Å². The SMILES string of the molecule is C[C@H](c1ccccc1)N1C(CCCCC(F)F)C(=O)N(C(=O)O)C1c1c(Cl)cccc1Cl. The summed E-state index contributed by atoms with van der Waals surface area (Å²) in [6.45, 7) is 1.87. The third kappa shape index (κ3) is 5.05. The normalized spacial score (nSPS) is 20.2. The van der Waals surface area contributed by atoms with Crippen LogP contribution >= 0.6 is 23.2 Å². The predicted molar refractivity (Wildman–Crippen MR) is 119 cm³/mol. The molecule has 1 aliphatic heterocycles. The van der Waals surface area contributed by atoms with E-state index in [1.54, 1.807) is 23.1 Å². The summed E-state index contributed by atoms with van der Waals surface area (Å²) in [7, 11) is 0. The first-order chi connectivity index (χ1) is 15.2. The third-order valence-electron chi connectivity index (χ3n) is 5.75. The smallest absolute Gasteiger partial charge is 0.415 e. The average Bonchev–Trinajstić information content (AvgIpc) is 3.03. The number of carbonyl (C=O) groups excluding carboxylic acids is 1. The molecule has 3 rings (SSSR count). The van der Waals surface area contributed by atoms with Gasteiger partial charge >= 0.3 is 6.09 Å². The van der Waals surface area contributed by atoms with Crippen LogP contribution in [0.5, 0.6) is 0 Å². The number of carbonyl (C=O) groups is 2. The Labute approximate surface area is 195 Å². The molecule has 1 heterocycles. The molecule has 0 saturated carbocycles. The van der Waals surface area contributed by atoms with Crippen molar-refractivity contribution in [3.05, 3.63) is 69.7 Å². The Morgan fingerprint density at radius 2 is 1.69 bits per heavy atom. The lowest BCUT2D eigenvalue weighted by Gasteiger charge is -2.36. The maximum absolute atomic E-state index is 13.3. The van der Waals surface area contributed by atoms with Gasteiger partial charge in [0.15, 0.2) is 0 Å². The van der Waals surface area contributed by atoms with E-state index in [0.29, 0.717) is 12.0 Å². The Morgan fingerprint density at radius 3 is 2.25 bits per heavy atom. The highest BCUT2D eigenvalue weighted by Gasteiger charge is 2.52. The zero-order valence-corrected chi connectivity index (χ0v) is 18.9. The number of halogens is 4. The van der Waals surface area contributed by atoms with E-state index in [9.17, 15) is 23.5 Å². The highest BCUT2D eigenvalue weighted by molar-refractivity contribution is 6.36. The molecule has 172 valence electrons. The number of carboxylic acid groups (broad SMARTS) is 1. The fourth-order valence-electron chi connectivity index (χ4n) is 4.24. The molecule has 0 bridgehead atoms. The molecular formula is C23H24Cl2F2N2O3. The first kappa shape index (κ1) is 24.4. The van der Waals surface area contributed by atoms with Crippen molar-refractivity contribution in [3.63, 3.8) is 0 Å². The fourth-order valence-corrected chi connectivity index (χ4v) is 4.83. The zero-order valence-electron chi connectivity index (χ0n) is 17.4. The van der Waals surface area contributed by atoms with Gasteiger partial charge in [-0.3, -0.25) is 9.69 Å². The number of alkyl halides is 2. The summed E-state index contributed by atoms with van der Waals surface area (Å²) in [5.41, 5.74) is 1.20. The van der Waals surface area contributed by atoms with Gasteiger partial charge in [0.1, 0.15) is 6.17 Å². The minimum absolute atomic E-state index is 0.236. The summed E-state index contributed by atoms with van der Waals surface area (Å²) in [5, 5.41) is 10.4. The lowest BCUT2D eigenvalue weighted by atomic mass is 10.0. The summed E-state index contributed by atoms with van der Waals surface area (Å²) < 4.78 is 25.2. The van der Waals surface area contributed by atoms with Crippen LogP contribution in [0.1, 0.15) is 55.9 Å². The number of rotatable bonds is 8. The second-order valence-corrected chi connectivity index (χ2v) is 8.54. The molecule has 2 aromatic rings. The maximum atomic E-state index is 13.3. The highest BCUT2D eigenvalue weighted by Crippen LogP contribution is 2.46. The molecule has 1 fully saturated rings. The van der Waals surface area contributed by atoms with Crippen molar-refractivity contribution in [1.82, 2.24) is 9.80 Å². The highest BCUT2D eigenvalue weighted by atomic mass is 35.5. The molecule has 1 saturated heterocycles. The molecule has 0 radical (unpaired) electrons. The van der Waals surface area contributed by atoms with Gasteiger partial charge in [-0.05, 0) is 37.5 Å². The number of nitrogens with zero attached hydrogens (tertiary/aromatic N) is 2. The average molecular weight is 485 g/mol. The second kappa shape index (κ2) is 10.6. The Morgan fingerprint density at radius 1 is 1.06 bits per heavy atom. The van der Waals surface area contributed by atoms with E-state index < -0.39 is 30.6 Å². The number of benzene rings is 2. The topological polar surface area (TPSA) is 60.9 Å². The van der Waals surface area contributed by atoms with E-state index in [4.69, 9.17) is 23.2 Å². The standard InChI is InChI=1S/C23H24Cl2F2N2O3/c1-14(15-8-3-2-4-9-15)28-18(12-5-6-13-19(26)27)22(30)29(23(31)32)21(28)20-16(24)10-7-11-17(20)25/h2-4,7-11,14,18-19,21H,5-6,12-13H2,1H3,(H,31,32)/t14-,18?,21?/m1/s1. The summed E-state index contributed by atoms with van der Waals surface area (Å²) in [6, 6.07) is 13.0. The number of imide groups is 1. The zero-order chi connectivity index (χ0) is 23.4. The van der Waals surface area contributed by atoms with Gasteiger partial charge in [-0.15, -0.1) is 0 Å². The number of hydrogen-bond donors (Lipinski definition) is 1. The van der Waals surface area contributed by atoms with Gasteiger partial charge in [-0.1, -0.05) is 66.0 Å². The van der Waals surface area contributed by atoms with E-state index in [0.717, 1.165) is 10.5 Å². The lowest BCUT2D eigenvalue weighted by Crippen LogP contribution is -2.37. The van der Waals surface area contributed by atoms with Crippen LogP contribution in [-0.2, 0) is 4.79 Å². The summed E-state index contributed by atoms with van der Waals surface area (Å²) >= 11 is 12.9. The lowest BCUT2D eigenvalue weighted by molar-refractivity contribution is -0.128. The van der Waals surface area contributed by atoms with Crippen LogP contribution in [0, 0.1) is 0 Å². The predicted octanol–water partition coefficient (Wildman–Crippen LogP) is 6.77. The van der Waals surface area contributed by atoms with E-state index >= 15 is 0 Å². The minimum atomic E-state index is -2.42. The molecule has 3 atom stereocenters. The number of hydrogen-bond acceptors (Lipinski definition) is 3. The molecule has 0 aromatic heterocycles. The Balaban J connectivity index is 2.07. The number of amides is 2. The fraction of sp³-hybridized carbons (Fsp3) is 0.391. The van der Waals surface area contributed by atoms with Gasteiger partial charge in [-0.2, -0.15) is 0 Å². The molecule has 2 unspecified atom stereocenters. The van der Waals surface area contributed by atoms with E-state index in [1.165, 1.54) is 0 Å². The largest absolute Gasteiger partial charge is 0.465 e. The molecule has 9 heteroatoms. The Bertz CT molecular complexity index is 941. The van der Waals surface area contributed by atoms with Crippen LogP contribution in [-0.4, -0.2) is 39.4 Å².